The van der Waals surface area contributed by atoms with Gasteiger partial charge in [-0.2, -0.15) is 4.68 Å². The van der Waals surface area contributed by atoms with Crippen LogP contribution in [0.25, 0.3) is 11.2 Å². The summed E-state index contributed by atoms with van der Waals surface area (Å²) in [5.74, 6) is 0.232. The summed E-state index contributed by atoms with van der Waals surface area (Å²) in [6, 6.07) is 8.44. The number of ether oxygens (including phenoxy) is 1. The number of aromatic nitrogens is 5. The van der Waals surface area contributed by atoms with E-state index in [1.807, 2.05) is 0 Å². The number of carbonyl (C=O) groups excluding carboxylic acids is 1. The van der Waals surface area contributed by atoms with Crippen molar-refractivity contribution < 1.29 is 34.1 Å². The van der Waals surface area contributed by atoms with E-state index in [0.29, 0.717) is 11.4 Å². The second-order valence-corrected chi connectivity index (χ2v) is 8.13. The van der Waals surface area contributed by atoms with Gasteiger partial charge in [0.05, 0.1) is 0 Å². The van der Waals surface area contributed by atoms with Crippen LogP contribution in [0.1, 0.15) is 16.6 Å². The highest BCUT2D eigenvalue weighted by Crippen LogP contribution is 2.38. The zero-order valence-corrected chi connectivity index (χ0v) is 16.5. The van der Waals surface area contributed by atoms with Gasteiger partial charge in [0.25, 0.3) is 5.91 Å². The van der Waals surface area contributed by atoms with Crippen molar-refractivity contribution in [2.24, 2.45) is 0 Å². The first-order chi connectivity index (χ1) is 14.7. The number of hydrogen-bond acceptors (Lipinski definition) is 9. The third-order valence-electron chi connectivity index (χ3n) is 4.52. The van der Waals surface area contributed by atoms with E-state index in [2.05, 4.69) is 25.6 Å². The third kappa shape index (κ3) is 4.37. The molecule has 1 saturated heterocycles. The molecule has 0 aliphatic carbocycles. The summed E-state index contributed by atoms with van der Waals surface area (Å²) < 4.78 is 17.6. The predicted molar refractivity (Wildman–Crippen MR) is 105 cm³/mol. The first-order valence-corrected chi connectivity index (χ1v) is 10.6. The highest BCUT2D eigenvalue weighted by atomic mass is 31.2. The van der Waals surface area contributed by atoms with Crippen LogP contribution in [-0.4, -0.2) is 69.2 Å². The van der Waals surface area contributed by atoms with Crippen LogP contribution in [0.4, 0.5) is 5.82 Å². The van der Waals surface area contributed by atoms with Gasteiger partial charge in [-0.15, -0.1) is 5.10 Å². The zero-order chi connectivity index (χ0) is 22.2. The van der Waals surface area contributed by atoms with Crippen molar-refractivity contribution in [1.82, 2.24) is 25.0 Å². The second-order valence-electron chi connectivity index (χ2n) is 6.65. The quantitative estimate of drug-likeness (QED) is 0.324. The molecule has 1 aliphatic rings. The molecule has 4 atom stereocenters. The molecule has 3 heterocycles. The van der Waals surface area contributed by atoms with Crippen LogP contribution < -0.4 is 5.32 Å². The highest BCUT2D eigenvalue weighted by molar-refractivity contribution is 7.55. The molecular formula is C17H17N6O7P. The Balaban J connectivity index is 1.61. The van der Waals surface area contributed by atoms with E-state index >= 15 is 0 Å². The van der Waals surface area contributed by atoms with E-state index in [1.54, 1.807) is 30.3 Å². The maximum absolute atomic E-state index is 12.4. The molecule has 14 heteroatoms. The number of carbonyl (C=O) groups is 1. The van der Waals surface area contributed by atoms with E-state index in [1.165, 1.54) is 0 Å². The van der Waals surface area contributed by atoms with Crippen molar-refractivity contribution in [1.29, 1.82) is 0 Å². The van der Waals surface area contributed by atoms with Crippen LogP contribution in [0, 0.1) is 0 Å². The van der Waals surface area contributed by atoms with Crippen molar-refractivity contribution in [3.63, 3.8) is 0 Å². The summed E-state index contributed by atoms with van der Waals surface area (Å²) >= 11 is 0. The van der Waals surface area contributed by atoms with Crippen LogP contribution >= 0.6 is 7.60 Å². The Kier molecular flexibility index (Phi) is 5.62. The van der Waals surface area contributed by atoms with Gasteiger partial charge in [-0.05, 0) is 18.2 Å². The number of benzene rings is 1. The molecule has 1 fully saturated rings. The molecule has 0 bridgehead atoms. The number of aliphatic hydroxyl groups excluding tert-OH is 2. The number of nitrogens with zero attached hydrogens (tertiary/aromatic N) is 5. The Hall–Kier alpha value is -3.06. The Morgan fingerprint density at radius 2 is 1.90 bits per heavy atom. The summed E-state index contributed by atoms with van der Waals surface area (Å²) in [4.78, 5) is 38.4. The van der Waals surface area contributed by atoms with Crippen molar-refractivity contribution >= 4 is 30.5 Å². The predicted octanol–water partition coefficient (Wildman–Crippen LogP) is -0.216. The van der Waals surface area contributed by atoms with Gasteiger partial charge in [0.2, 0.25) is 0 Å². The standard InChI is InChI=1S/C17H17N6O7P/c24-12-10(6-7-31(27,28)29)30-17(13(12)25)23-15-11(21-22-23)14(18-8-19-15)20-16(26)9-4-2-1-3-5-9/h1-8,10,12-13,17,24-25H,(H2,27,28,29)(H,18,19,20,26)/b7-6+/t10-,12-,13-,17-/m1/s1. The van der Waals surface area contributed by atoms with Gasteiger partial charge in [-0.1, -0.05) is 23.4 Å². The lowest BCUT2D eigenvalue weighted by molar-refractivity contribution is -0.0329. The fourth-order valence-electron chi connectivity index (χ4n) is 3.04. The Labute approximate surface area is 174 Å². The van der Waals surface area contributed by atoms with Crippen molar-refractivity contribution in [2.75, 3.05) is 5.32 Å². The molecule has 0 spiro atoms. The molecule has 1 amide bonds. The summed E-state index contributed by atoms with van der Waals surface area (Å²) in [6.45, 7) is 0. The molecule has 1 aromatic carbocycles. The Morgan fingerprint density at radius 1 is 1.16 bits per heavy atom. The average molecular weight is 448 g/mol. The first kappa shape index (κ1) is 21.2. The molecule has 31 heavy (non-hydrogen) atoms. The second kappa shape index (κ2) is 8.23. The lowest BCUT2D eigenvalue weighted by Crippen LogP contribution is -2.31. The Morgan fingerprint density at radius 3 is 2.61 bits per heavy atom. The van der Waals surface area contributed by atoms with Crippen LogP contribution in [0.5, 0.6) is 0 Å². The largest absolute Gasteiger partial charge is 0.387 e. The van der Waals surface area contributed by atoms with Crippen molar-refractivity contribution in [2.45, 2.75) is 24.5 Å². The van der Waals surface area contributed by atoms with Gasteiger partial charge in [-0.3, -0.25) is 9.36 Å². The van der Waals surface area contributed by atoms with Gasteiger partial charge in [0.15, 0.2) is 23.2 Å². The molecule has 1 aliphatic heterocycles. The molecule has 0 saturated carbocycles. The van der Waals surface area contributed by atoms with Crippen LogP contribution in [0.15, 0.2) is 48.6 Å². The monoisotopic (exact) mass is 448 g/mol. The first-order valence-electron chi connectivity index (χ1n) is 8.93. The fraction of sp³-hybridized carbons (Fsp3) is 0.235. The van der Waals surface area contributed by atoms with E-state index in [4.69, 9.17) is 14.5 Å². The van der Waals surface area contributed by atoms with E-state index in [-0.39, 0.29) is 17.0 Å². The summed E-state index contributed by atoms with van der Waals surface area (Å²) in [5.41, 5.74) is 0.625. The van der Waals surface area contributed by atoms with Crippen LogP contribution in [-0.2, 0) is 9.30 Å². The van der Waals surface area contributed by atoms with Crippen molar-refractivity contribution in [3.05, 3.63) is 54.1 Å². The van der Waals surface area contributed by atoms with Gasteiger partial charge < -0.3 is 30.1 Å². The molecule has 162 valence electrons. The fourth-order valence-corrected chi connectivity index (χ4v) is 3.43. The minimum atomic E-state index is -4.48. The lowest BCUT2D eigenvalue weighted by Gasteiger charge is -2.14. The van der Waals surface area contributed by atoms with Gasteiger partial charge in [0.1, 0.15) is 24.6 Å². The van der Waals surface area contributed by atoms with E-state index in [9.17, 15) is 19.6 Å². The molecule has 4 rings (SSSR count). The maximum atomic E-state index is 12.4. The molecular weight excluding hydrogens is 431 g/mol. The number of amides is 1. The molecule has 0 radical (unpaired) electrons. The molecule has 13 nitrogen and oxygen atoms in total. The van der Waals surface area contributed by atoms with Gasteiger partial charge in [0, 0.05) is 11.4 Å². The number of aliphatic hydroxyl groups is 2. The summed E-state index contributed by atoms with van der Waals surface area (Å²) in [7, 11) is -4.48. The van der Waals surface area contributed by atoms with E-state index < -0.39 is 38.0 Å². The molecule has 0 unspecified atom stereocenters. The molecule has 5 N–H and O–H groups in total. The number of rotatable bonds is 5. The maximum Gasteiger partial charge on any atom is 0.348 e. The highest BCUT2D eigenvalue weighted by Gasteiger charge is 2.44. The number of nitrogens with one attached hydrogen (secondary N) is 1. The minimum absolute atomic E-state index is 0.0797. The number of anilines is 1. The lowest BCUT2D eigenvalue weighted by atomic mass is 10.1. The molecule has 3 aromatic rings. The Bertz CT molecular complexity index is 1180. The topological polar surface area (TPSA) is 193 Å². The average Bonchev–Trinajstić information content (AvgIpc) is 3.29. The smallest absolute Gasteiger partial charge is 0.348 e. The third-order valence-corrected chi connectivity index (χ3v) is 5.08. The normalized spacial score (nSPS) is 24.1. The van der Waals surface area contributed by atoms with E-state index in [0.717, 1.165) is 17.1 Å². The SMILES string of the molecule is O=C(Nc1ncnc2c1nnn2[C@@H]1O[C@H](/C=C/P(=O)(O)O)[C@@H](O)[C@H]1O)c1ccccc1. The van der Waals surface area contributed by atoms with Crippen molar-refractivity contribution in [3.8, 4) is 0 Å². The minimum Gasteiger partial charge on any atom is -0.387 e. The molecule has 2 aromatic heterocycles. The van der Waals surface area contributed by atoms with Gasteiger partial charge >= 0.3 is 7.60 Å². The summed E-state index contributed by atoms with van der Waals surface area (Å²) in [5, 5.41) is 30.9. The number of hydrogen-bond donors (Lipinski definition) is 5. The van der Waals surface area contributed by atoms with Crippen LogP contribution in [0.2, 0.25) is 0 Å². The number of fused-ring (bicyclic) bond motifs is 1. The van der Waals surface area contributed by atoms with Crippen LogP contribution in [0.3, 0.4) is 0 Å². The summed E-state index contributed by atoms with van der Waals surface area (Å²) in [6.07, 6.45) is -3.30. The van der Waals surface area contributed by atoms with Gasteiger partial charge in [-0.25, -0.2) is 9.97 Å². The zero-order valence-electron chi connectivity index (χ0n) is 15.6.